The monoisotopic (exact) mass is 433 g/mol. The Bertz CT molecular complexity index is 1120. The topological polar surface area (TPSA) is 75.6 Å². The highest BCUT2D eigenvalue weighted by Gasteiger charge is 2.37. The van der Waals surface area contributed by atoms with E-state index < -0.39 is 35.0 Å². The van der Waals surface area contributed by atoms with Crippen LogP contribution in [0.25, 0.3) is 0 Å². The van der Waals surface area contributed by atoms with Gasteiger partial charge in [0.25, 0.3) is 5.91 Å². The number of hydrogen-bond acceptors (Lipinski definition) is 3. The minimum atomic E-state index is -4.85. The van der Waals surface area contributed by atoms with Gasteiger partial charge in [0.2, 0.25) is 0 Å². The van der Waals surface area contributed by atoms with Crippen molar-refractivity contribution in [2.24, 2.45) is 0 Å². The lowest BCUT2D eigenvalue weighted by Gasteiger charge is -2.18. The second kappa shape index (κ2) is 8.47. The third-order valence-corrected chi connectivity index (χ3v) is 4.21. The summed E-state index contributed by atoms with van der Waals surface area (Å²) in [5, 5.41) is 11.2. The van der Waals surface area contributed by atoms with Gasteiger partial charge in [-0.3, -0.25) is 4.79 Å². The number of carboxylic acids is 1. The Morgan fingerprint density at radius 1 is 0.968 bits per heavy atom. The SMILES string of the molecule is Cc1cc(Oc2ccc(F)cc2)c(C(=O)Nc2ccc(C(=O)O)cc2)c(C(F)(F)F)c1. The predicted octanol–water partition coefficient (Wildman–Crippen LogP) is 5.90. The number of rotatable bonds is 5. The van der Waals surface area contributed by atoms with Gasteiger partial charge in [0.1, 0.15) is 17.3 Å². The fraction of sp³-hybridized carbons (Fsp3) is 0.0909. The van der Waals surface area contributed by atoms with E-state index in [0.29, 0.717) is 0 Å². The molecule has 3 aromatic carbocycles. The summed E-state index contributed by atoms with van der Waals surface area (Å²) in [5.74, 6) is -3.17. The number of benzene rings is 3. The molecule has 3 rings (SSSR count). The van der Waals surface area contributed by atoms with Gasteiger partial charge in [0, 0.05) is 5.69 Å². The summed E-state index contributed by atoms with van der Waals surface area (Å²) in [6.45, 7) is 1.42. The fourth-order valence-electron chi connectivity index (χ4n) is 2.81. The molecule has 0 spiro atoms. The van der Waals surface area contributed by atoms with Crippen molar-refractivity contribution in [1.82, 2.24) is 0 Å². The van der Waals surface area contributed by atoms with Crippen molar-refractivity contribution in [2.45, 2.75) is 13.1 Å². The highest BCUT2D eigenvalue weighted by molar-refractivity contribution is 6.07. The largest absolute Gasteiger partial charge is 0.478 e. The van der Waals surface area contributed by atoms with Gasteiger partial charge < -0.3 is 15.2 Å². The molecule has 5 nitrogen and oxygen atoms in total. The number of nitrogens with one attached hydrogen (secondary N) is 1. The molecule has 0 aromatic heterocycles. The molecule has 31 heavy (non-hydrogen) atoms. The van der Waals surface area contributed by atoms with E-state index in [2.05, 4.69) is 5.32 Å². The Morgan fingerprint density at radius 2 is 1.58 bits per heavy atom. The third kappa shape index (κ3) is 5.19. The van der Waals surface area contributed by atoms with Gasteiger partial charge in [-0.1, -0.05) is 0 Å². The van der Waals surface area contributed by atoms with Crippen molar-refractivity contribution in [2.75, 3.05) is 5.32 Å². The van der Waals surface area contributed by atoms with Gasteiger partial charge in [-0.2, -0.15) is 13.2 Å². The lowest BCUT2D eigenvalue weighted by atomic mass is 10.0. The molecule has 0 saturated heterocycles. The number of aryl methyl sites for hydroxylation is 1. The molecule has 0 saturated carbocycles. The molecule has 0 radical (unpaired) electrons. The van der Waals surface area contributed by atoms with Crippen LogP contribution in [0.4, 0.5) is 23.2 Å². The summed E-state index contributed by atoms with van der Waals surface area (Å²) in [5.41, 5.74) is -1.72. The number of amides is 1. The Morgan fingerprint density at radius 3 is 2.13 bits per heavy atom. The van der Waals surface area contributed by atoms with Gasteiger partial charge >= 0.3 is 12.1 Å². The molecular formula is C22H15F4NO4. The molecule has 0 unspecified atom stereocenters. The van der Waals surface area contributed by atoms with Crippen LogP contribution in [0.2, 0.25) is 0 Å². The average molecular weight is 433 g/mol. The summed E-state index contributed by atoms with van der Waals surface area (Å²) < 4.78 is 59.7. The summed E-state index contributed by atoms with van der Waals surface area (Å²) in [4.78, 5) is 23.7. The van der Waals surface area contributed by atoms with E-state index in [1.807, 2.05) is 0 Å². The maximum Gasteiger partial charge on any atom is 0.417 e. The Kier molecular flexibility index (Phi) is 5.96. The number of hydrogen-bond donors (Lipinski definition) is 2. The maximum absolute atomic E-state index is 13.7. The van der Waals surface area contributed by atoms with Crippen molar-refractivity contribution in [3.8, 4) is 11.5 Å². The summed E-state index contributed by atoms with van der Waals surface area (Å²) in [6.07, 6.45) is -4.85. The molecule has 0 fully saturated rings. The zero-order valence-electron chi connectivity index (χ0n) is 16.0. The van der Waals surface area contributed by atoms with E-state index in [9.17, 15) is 27.2 Å². The molecule has 0 atom stereocenters. The Balaban J connectivity index is 2.03. The first kappa shape index (κ1) is 21.8. The van der Waals surface area contributed by atoms with Crippen molar-refractivity contribution >= 4 is 17.6 Å². The van der Waals surface area contributed by atoms with E-state index in [0.717, 1.165) is 18.2 Å². The van der Waals surface area contributed by atoms with Crippen LogP contribution in [-0.2, 0) is 6.18 Å². The zero-order valence-corrected chi connectivity index (χ0v) is 16.0. The molecule has 0 aliphatic heterocycles. The zero-order chi connectivity index (χ0) is 22.8. The second-order valence-corrected chi connectivity index (χ2v) is 6.58. The van der Waals surface area contributed by atoms with Gasteiger partial charge in [0.05, 0.1) is 16.7 Å². The van der Waals surface area contributed by atoms with Crippen LogP contribution in [0.15, 0.2) is 60.7 Å². The van der Waals surface area contributed by atoms with E-state index in [-0.39, 0.29) is 28.3 Å². The van der Waals surface area contributed by atoms with Gasteiger partial charge in [-0.15, -0.1) is 0 Å². The lowest BCUT2D eigenvalue weighted by Crippen LogP contribution is -2.20. The minimum absolute atomic E-state index is 0.0417. The third-order valence-electron chi connectivity index (χ3n) is 4.21. The van der Waals surface area contributed by atoms with Crippen LogP contribution in [0.1, 0.15) is 31.8 Å². The maximum atomic E-state index is 13.7. The van der Waals surface area contributed by atoms with Gasteiger partial charge in [-0.05, 0) is 73.2 Å². The van der Waals surface area contributed by atoms with Crippen molar-refractivity contribution in [3.63, 3.8) is 0 Å². The molecule has 160 valence electrons. The smallest absolute Gasteiger partial charge is 0.417 e. The molecule has 0 aliphatic carbocycles. The molecule has 2 N–H and O–H groups in total. The molecular weight excluding hydrogens is 418 g/mol. The number of anilines is 1. The van der Waals surface area contributed by atoms with Crippen LogP contribution < -0.4 is 10.1 Å². The lowest BCUT2D eigenvalue weighted by molar-refractivity contribution is -0.138. The van der Waals surface area contributed by atoms with E-state index in [1.54, 1.807) is 0 Å². The molecule has 0 heterocycles. The number of carbonyl (C=O) groups is 2. The molecule has 0 aliphatic rings. The number of carbonyl (C=O) groups excluding carboxylic acids is 1. The first-order chi connectivity index (χ1) is 14.5. The van der Waals surface area contributed by atoms with Crippen LogP contribution in [0, 0.1) is 12.7 Å². The van der Waals surface area contributed by atoms with Gasteiger partial charge in [0.15, 0.2) is 0 Å². The number of alkyl halides is 3. The van der Waals surface area contributed by atoms with E-state index in [4.69, 9.17) is 9.84 Å². The van der Waals surface area contributed by atoms with Crippen LogP contribution in [-0.4, -0.2) is 17.0 Å². The first-order valence-corrected chi connectivity index (χ1v) is 8.84. The number of halogens is 4. The van der Waals surface area contributed by atoms with E-state index >= 15 is 0 Å². The highest BCUT2D eigenvalue weighted by Crippen LogP contribution is 2.39. The van der Waals surface area contributed by atoms with Crippen molar-refractivity contribution in [3.05, 3.63) is 88.7 Å². The van der Waals surface area contributed by atoms with Crippen LogP contribution in [0.3, 0.4) is 0 Å². The Hall–Kier alpha value is -3.88. The fourth-order valence-corrected chi connectivity index (χ4v) is 2.81. The summed E-state index contributed by atoms with van der Waals surface area (Å²) in [7, 11) is 0. The molecule has 1 amide bonds. The summed E-state index contributed by atoms with van der Waals surface area (Å²) >= 11 is 0. The number of aromatic carboxylic acids is 1. The summed E-state index contributed by atoms with van der Waals surface area (Å²) in [6, 6.07) is 11.6. The molecule has 0 bridgehead atoms. The standard InChI is InChI=1S/C22H15F4NO4/c1-12-10-17(22(24,25)26)19(18(11-12)31-16-8-4-14(23)5-9-16)20(28)27-15-6-2-13(3-7-15)21(29)30/h2-11H,1H3,(H,27,28)(H,29,30). The minimum Gasteiger partial charge on any atom is -0.478 e. The predicted molar refractivity (Wildman–Crippen MR) is 104 cm³/mol. The van der Waals surface area contributed by atoms with E-state index in [1.165, 1.54) is 49.4 Å². The molecule has 9 heteroatoms. The average Bonchev–Trinajstić information content (AvgIpc) is 2.69. The van der Waals surface area contributed by atoms with Crippen molar-refractivity contribution in [1.29, 1.82) is 0 Å². The van der Waals surface area contributed by atoms with Crippen LogP contribution >= 0.6 is 0 Å². The van der Waals surface area contributed by atoms with Crippen molar-refractivity contribution < 1.29 is 37.0 Å². The second-order valence-electron chi connectivity index (χ2n) is 6.58. The normalized spacial score (nSPS) is 11.1. The Labute approximate surface area is 173 Å². The molecule has 3 aromatic rings. The van der Waals surface area contributed by atoms with Crippen LogP contribution in [0.5, 0.6) is 11.5 Å². The van der Waals surface area contributed by atoms with Gasteiger partial charge in [-0.25, -0.2) is 9.18 Å². The number of ether oxygens (including phenoxy) is 1. The number of carboxylic acid groups (broad SMARTS) is 1. The first-order valence-electron chi connectivity index (χ1n) is 8.84. The highest BCUT2D eigenvalue weighted by atomic mass is 19.4. The quantitative estimate of drug-likeness (QED) is 0.492.